The van der Waals surface area contributed by atoms with Gasteiger partial charge in [0.05, 0.1) is 18.3 Å². The summed E-state index contributed by atoms with van der Waals surface area (Å²) >= 11 is 0. The lowest BCUT2D eigenvalue weighted by Gasteiger charge is -2.17. The molecule has 2 unspecified atom stereocenters. The minimum absolute atomic E-state index is 0.342. The average Bonchev–Trinajstić information content (AvgIpc) is 2.76. The molecule has 8 nitrogen and oxygen atoms in total. The molecule has 0 aliphatic heterocycles. The number of rotatable bonds is 6. The molecular weight excluding hydrogens is 264 g/mol. The van der Waals surface area contributed by atoms with Crippen LogP contribution in [0.25, 0.3) is 0 Å². The first kappa shape index (κ1) is 14.9. The van der Waals surface area contributed by atoms with E-state index in [0.717, 1.165) is 0 Å². The molecule has 1 fully saturated rings. The fraction of sp³-hybridized carbons (Fsp3) is 0.778. The van der Waals surface area contributed by atoms with Crippen LogP contribution in [-0.2, 0) is 29.2 Å². The number of nitrogens with one attached hydrogen (secondary N) is 1. The lowest BCUT2D eigenvalue weighted by molar-refractivity contribution is -0.145. The van der Waals surface area contributed by atoms with Crippen molar-refractivity contribution < 1.29 is 27.6 Å². The van der Waals surface area contributed by atoms with Gasteiger partial charge in [-0.15, -0.1) is 0 Å². The average molecular weight is 280 g/mol. The SMILES string of the molecule is COC(=O)C1CCCC1S(=O)(=O)NOCC(N)=O. The summed E-state index contributed by atoms with van der Waals surface area (Å²) in [5.41, 5.74) is 4.80. The third kappa shape index (κ3) is 3.65. The monoisotopic (exact) mass is 280 g/mol. The van der Waals surface area contributed by atoms with E-state index in [1.807, 2.05) is 0 Å². The van der Waals surface area contributed by atoms with Crippen LogP contribution in [0.5, 0.6) is 0 Å². The Kier molecular flexibility index (Phi) is 5.05. The Balaban J connectivity index is 2.66. The van der Waals surface area contributed by atoms with Gasteiger partial charge in [-0.3, -0.25) is 14.4 Å². The molecule has 0 bridgehead atoms. The highest BCUT2D eigenvalue weighted by atomic mass is 32.2. The Hall–Kier alpha value is -1.19. The summed E-state index contributed by atoms with van der Waals surface area (Å²) in [6.07, 6.45) is 1.41. The first-order chi connectivity index (χ1) is 8.38. The molecule has 0 saturated heterocycles. The van der Waals surface area contributed by atoms with E-state index in [-0.39, 0.29) is 0 Å². The summed E-state index contributed by atoms with van der Waals surface area (Å²) in [6, 6.07) is 0. The Morgan fingerprint density at radius 3 is 2.61 bits per heavy atom. The van der Waals surface area contributed by atoms with Gasteiger partial charge in [0.2, 0.25) is 15.9 Å². The number of hydrogen-bond acceptors (Lipinski definition) is 6. The van der Waals surface area contributed by atoms with E-state index >= 15 is 0 Å². The second-order valence-corrected chi connectivity index (χ2v) is 5.84. The van der Waals surface area contributed by atoms with Gasteiger partial charge in [-0.25, -0.2) is 8.42 Å². The predicted octanol–water partition coefficient (Wildman–Crippen LogP) is -1.34. The Labute approximate surface area is 105 Å². The minimum Gasteiger partial charge on any atom is -0.469 e. The van der Waals surface area contributed by atoms with Crippen molar-refractivity contribution >= 4 is 21.9 Å². The van der Waals surface area contributed by atoms with Crippen LogP contribution >= 0.6 is 0 Å². The maximum absolute atomic E-state index is 11.8. The molecule has 104 valence electrons. The highest BCUT2D eigenvalue weighted by Crippen LogP contribution is 2.31. The molecule has 1 rings (SSSR count). The van der Waals surface area contributed by atoms with Gasteiger partial charge >= 0.3 is 5.97 Å². The van der Waals surface area contributed by atoms with Crippen molar-refractivity contribution in [3.63, 3.8) is 0 Å². The number of carbonyl (C=O) groups is 2. The smallest absolute Gasteiger partial charge is 0.310 e. The van der Waals surface area contributed by atoms with Crippen molar-refractivity contribution in [3.05, 3.63) is 0 Å². The maximum Gasteiger partial charge on any atom is 0.310 e. The molecule has 2 atom stereocenters. The standard InChI is InChI=1S/C9H16N2O6S/c1-16-9(13)6-3-2-4-7(6)18(14,15)11-17-5-8(10)12/h6-7,11H,2-5H2,1H3,(H2,10,12). The molecule has 0 aromatic rings. The molecule has 1 amide bonds. The number of esters is 1. The highest BCUT2D eigenvalue weighted by molar-refractivity contribution is 7.90. The second kappa shape index (κ2) is 6.12. The normalized spacial score (nSPS) is 23.8. The molecule has 1 aliphatic carbocycles. The number of primary amides is 1. The van der Waals surface area contributed by atoms with Crippen LogP contribution in [0.1, 0.15) is 19.3 Å². The zero-order valence-corrected chi connectivity index (χ0v) is 10.7. The first-order valence-electron chi connectivity index (χ1n) is 5.37. The van der Waals surface area contributed by atoms with Gasteiger partial charge < -0.3 is 10.5 Å². The third-order valence-corrected chi connectivity index (χ3v) is 4.46. The number of carbonyl (C=O) groups excluding carboxylic acids is 2. The second-order valence-electron chi connectivity index (χ2n) is 3.98. The lowest BCUT2D eigenvalue weighted by Crippen LogP contribution is -2.40. The van der Waals surface area contributed by atoms with Crippen LogP contribution in [0.2, 0.25) is 0 Å². The van der Waals surface area contributed by atoms with Crippen molar-refractivity contribution in [3.8, 4) is 0 Å². The molecule has 1 aliphatic rings. The minimum atomic E-state index is -3.84. The largest absolute Gasteiger partial charge is 0.469 e. The van der Waals surface area contributed by atoms with Crippen molar-refractivity contribution in [1.29, 1.82) is 0 Å². The number of ether oxygens (including phenoxy) is 1. The summed E-state index contributed by atoms with van der Waals surface area (Å²) in [6.45, 7) is -0.561. The van der Waals surface area contributed by atoms with E-state index in [1.54, 1.807) is 4.89 Å². The van der Waals surface area contributed by atoms with Gasteiger partial charge in [0, 0.05) is 0 Å². The van der Waals surface area contributed by atoms with Crippen molar-refractivity contribution in [2.75, 3.05) is 13.7 Å². The summed E-state index contributed by atoms with van der Waals surface area (Å²) < 4.78 is 28.3. The zero-order chi connectivity index (χ0) is 13.8. The number of methoxy groups -OCH3 is 1. The molecule has 0 spiro atoms. The molecule has 1 saturated carbocycles. The molecule has 0 aromatic heterocycles. The summed E-state index contributed by atoms with van der Waals surface area (Å²) in [5.74, 6) is -2.06. The first-order valence-corrected chi connectivity index (χ1v) is 6.91. The molecule has 9 heteroatoms. The summed E-state index contributed by atoms with van der Waals surface area (Å²) in [7, 11) is -2.63. The molecular formula is C9H16N2O6S. The number of amides is 1. The molecule has 0 heterocycles. The summed E-state index contributed by atoms with van der Waals surface area (Å²) in [4.78, 5) is 28.1. The van der Waals surface area contributed by atoms with E-state index in [1.165, 1.54) is 7.11 Å². The Morgan fingerprint density at radius 1 is 1.39 bits per heavy atom. The quantitative estimate of drug-likeness (QED) is 0.458. The number of nitrogens with two attached hydrogens (primary N) is 1. The van der Waals surface area contributed by atoms with Crippen LogP contribution < -0.4 is 10.6 Å². The van der Waals surface area contributed by atoms with Crippen molar-refractivity contribution in [1.82, 2.24) is 4.89 Å². The van der Waals surface area contributed by atoms with Crippen LogP contribution in [0.4, 0.5) is 0 Å². The molecule has 3 N–H and O–H groups in total. The van der Waals surface area contributed by atoms with Crippen LogP contribution in [0.15, 0.2) is 0 Å². The Morgan fingerprint density at radius 2 is 2.06 bits per heavy atom. The van der Waals surface area contributed by atoms with E-state index < -0.39 is 39.7 Å². The number of sulfonamides is 1. The van der Waals surface area contributed by atoms with Gasteiger partial charge in [0.15, 0.2) is 0 Å². The van der Waals surface area contributed by atoms with E-state index in [4.69, 9.17) is 5.73 Å². The van der Waals surface area contributed by atoms with Crippen molar-refractivity contribution in [2.24, 2.45) is 11.7 Å². The van der Waals surface area contributed by atoms with Crippen LogP contribution in [-0.4, -0.2) is 39.3 Å². The zero-order valence-electron chi connectivity index (χ0n) is 9.92. The summed E-state index contributed by atoms with van der Waals surface area (Å²) in [5, 5.41) is -0.905. The van der Waals surface area contributed by atoms with Gasteiger partial charge in [-0.1, -0.05) is 11.3 Å². The van der Waals surface area contributed by atoms with Gasteiger partial charge in [-0.2, -0.15) is 0 Å². The molecule has 0 radical (unpaired) electrons. The topological polar surface area (TPSA) is 125 Å². The predicted molar refractivity (Wildman–Crippen MR) is 60.3 cm³/mol. The van der Waals surface area contributed by atoms with Crippen LogP contribution in [0.3, 0.4) is 0 Å². The van der Waals surface area contributed by atoms with E-state index in [0.29, 0.717) is 19.3 Å². The molecule has 0 aromatic carbocycles. The third-order valence-electron chi connectivity index (χ3n) is 2.74. The van der Waals surface area contributed by atoms with Gasteiger partial charge in [0.25, 0.3) is 0 Å². The van der Waals surface area contributed by atoms with Crippen LogP contribution in [0, 0.1) is 5.92 Å². The van der Waals surface area contributed by atoms with E-state index in [9.17, 15) is 18.0 Å². The van der Waals surface area contributed by atoms with Gasteiger partial charge in [0.1, 0.15) is 6.61 Å². The van der Waals surface area contributed by atoms with E-state index in [2.05, 4.69) is 9.57 Å². The molecule has 18 heavy (non-hydrogen) atoms. The lowest BCUT2D eigenvalue weighted by atomic mass is 10.1. The fourth-order valence-corrected chi connectivity index (χ4v) is 3.47. The number of hydrogen-bond donors (Lipinski definition) is 2. The fourth-order valence-electron chi connectivity index (χ4n) is 1.96. The highest BCUT2D eigenvalue weighted by Gasteiger charge is 2.42. The van der Waals surface area contributed by atoms with Crippen molar-refractivity contribution in [2.45, 2.75) is 24.5 Å². The van der Waals surface area contributed by atoms with Gasteiger partial charge in [-0.05, 0) is 12.8 Å². The maximum atomic E-state index is 11.8. The Bertz CT molecular complexity index is 421.